The molecule has 6 nitrogen and oxygen atoms in total. The lowest BCUT2D eigenvalue weighted by atomic mass is 9.86. The predicted octanol–water partition coefficient (Wildman–Crippen LogP) is 2.99. The molecular formula is C17H26N4O2. The Morgan fingerprint density at radius 1 is 1.26 bits per heavy atom. The SMILES string of the molecule is Cc1noc(C2CCN(C(=O)NC3CC34CCCCC4)CC2)n1. The van der Waals surface area contributed by atoms with Gasteiger partial charge in [0.2, 0.25) is 5.89 Å². The number of carbonyl (C=O) groups is 1. The highest BCUT2D eigenvalue weighted by molar-refractivity contribution is 5.75. The number of amides is 2. The maximum atomic E-state index is 12.5. The second-order valence-electron chi connectivity index (χ2n) is 7.57. The van der Waals surface area contributed by atoms with Crippen LogP contribution in [-0.2, 0) is 0 Å². The van der Waals surface area contributed by atoms with Crippen LogP contribution in [0.15, 0.2) is 4.52 Å². The van der Waals surface area contributed by atoms with E-state index in [0.717, 1.165) is 31.8 Å². The average molecular weight is 318 g/mol. The van der Waals surface area contributed by atoms with Gasteiger partial charge in [0.05, 0.1) is 0 Å². The maximum absolute atomic E-state index is 12.5. The monoisotopic (exact) mass is 318 g/mol. The van der Waals surface area contributed by atoms with Gasteiger partial charge >= 0.3 is 6.03 Å². The van der Waals surface area contributed by atoms with Gasteiger partial charge in [-0.05, 0) is 44.4 Å². The smallest absolute Gasteiger partial charge is 0.317 e. The van der Waals surface area contributed by atoms with Crippen molar-refractivity contribution in [1.82, 2.24) is 20.4 Å². The minimum absolute atomic E-state index is 0.123. The van der Waals surface area contributed by atoms with E-state index in [1.54, 1.807) is 0 Å². The van der Waals surface area contributed by atoms with Gasteiger partial charge in [-0.1, -0.05) is 24.4 Å². The summed E-state index contributed by atoms with van der Waals surface area (Å²) in [4.78, 5) is 18.8. The Balaban J connectivity index is 1.26. The summed E-state index contributed by atoms with van der Waals surface area (Å²) in [5.41, 5.74) is 0.452. The van der Waals surface area contributed by atoms with Crippen LogP contribution in [0.4, 0.5) is 4.79 Å². The molecule has 0 bridgehead atoms. The molecule has 1 spiro atoms. The van der Waals surface area contributed by atoms with Crippen molar-refractivity contribution in [3.05, 3.63) is 11.7 Å². The van der Waals surface area contributed by atoms with Gasteiger partial charge in [-0.25, -0.2) is 4.79 Å². The van der Waals surface area contributed by atoms with Crippen molar-refractivity contribution in [2.75, 3.05) is 13.1 Å². The molecule has 2 saturated carbocycles. The van der Waals surface area contributed by atoms with E-state index in [1.807, 2.05) is 11.8 Å². The number of hydrogen-bond donors (Lipinski definition) is 1. The minimum Gasteiger partial charge on any atom is -0.339 e. The van der Waals surface area contributed by atoms with Crippen LogP contribution >= 0.6 is 0 Å². The fraction of sp³-hybridized carbons (Fsp3) is 0.824. The van der Waals surface area contributed by atoms with E-state index in [9.17, 15) is 4.79 Å². The number of nitrogens with one attached hydrogen (secondary N) is 1. The second-order valence-corrected chi connectivity index (χ2v) is 7.57. The summed E-state index contributed by atoms with van der Waals surface area (Å²) in [6.07, 6.45) is 9.65. The van der Waals surface area contributed by atoms with Crippen LogP contribution in [0, 0.1) is 12.3 Å². The summed E-state index contributed by atoms with van der Waals surface area (Å²) in [7, 11) is 0. The van der Waals surface area contributed by atoms with Gasteiger partial charge in [-0.2, -0.15) is 4.98 Å². The highest BCUT2D eigenvalue weighted by Crippen LogP contribution is 2.56. The fourth-order valence-corrected chi connectivity index (χ4v) is 4.41. The van der Waals surface area contributed by atoms with Crippen LogP contribution < -0.4 is 5.32 Å². The number of urea groups is 1. The summed E-state index contributed by atoms with van der Waals surface area (Å²) in [5, 5.41) is 7.14. The van der Waals surface area contributed by atoms with Gasteiger partial charge in [0.25, 0.3) is 0 Å². The van der Waals surface area contributed by atoms with Crippen molar-refractivity contribution in [3.63, 3.8) is 0 Å². The summed E-state index contributed by atoms with van der Waals surface area (Å²) in [6, 6.07) is 0.546. The largest absolute Gasteiger partial charge is 0.339 e. The van der Waals surface area contributed by atoms with E-state index in [-0.39, 0.29) is 6.03 Å². The van der Waals surface area contributed by atoms with Gasteiger partial charge in [-0.15, -0.1) is 0 Å². The van der Waals surface area contributed by atoms with Gasteiger partial charge in [0, 0.05) is 25.0 Å². The van der Waals surface area contributed by atoms with Gasteiger partial charge in [0.15, 0.2) is 5.82 Å². The zero-order valence-corrected chi connectivity index (χ0v) is 13.9. The maximum Gasteiger partial charge on any atom is 0.317 e. The second kappa shape index (κ2) is 5.80. The molecule has 1 aromatic rings. The number of carbonyl (C=O) groups excluding carboxylic acids is 1. The topological polar surface area (TPSA) is 71.3 Å². The fourth-order valence-electron chi connectivity index (χ4n) is 4.41. The molecule has 1 aromatic heterocycles. The van der Waals surface area contributed by atoms with Crippen LogP contribution in [-0.4, -0.2) is 40.2 Å². The number of hydrogen-bond acceptors (Lipinski definition) is 4. The first-order chi connectivity index (χ1) is 11.2. The van der Waals surface area contributed by atoms with Crippen molar-refractivity contribution in [2.45, 2.75) is 70.3 Å². The summed E-state index contributed by atoms with van der Waals surface area (Å²) >= 11 is 0. The molecule has 2 amide bonds. The molecular weight excluding hydrogens is 292 g/mol. The first kappa shape index (κ1) is 15.0. The molecule has 1 aliphatic heterocycles. The van der Waals surface area contributed by atoms with Crippen molar-refractivity contribution >= 4 is 6.03 Å². The number of piperidine rings is 1. The third-order valence-electron chi connectivity index (χ3n) is 6.01. The molecule has 0 radical (unpaired) electrons. The average Bonchev–Trinajstić information content (AvgIpc) is 3.02. The number of likely N-dealkylation sites (tertiary alicyclic amines) is 1. The molecule has 1 N–H and O–H groups in total. The zero-order chi connectivity index (χ0) is 15.9. The molecule has 0 aromatic carbocycles. The summed E-state index contributed by atoms with van der Waals surface area (Å²) < 4.78 is 5.27. The van der Waals surface area contributed by atoms with Crippen LogP contribution in [0.2, 0.25) is 0 Å². The van der Waals surface area contributed by atoms with E-state index in [2.05, 4.69) is 15.5 Å². The van der Waals surface area contributed by atoms with Gasteiger partial charge < -0.3 is 14.7 Å². The zero-order valence-electron chi connectivity index (χ0n) is 13.9. The minimum atomic E-state index is 0.123. The van der Waals surface area contributed by atoms with Crippen molar-refractivity contribution in [2.24, 2.45) is 5.41 Å². The highest BCUT2D eigenvalue weighted by Gasteiger charge is 2.54. The van der Waals surface area contributed by atoms with E-state index in [1.165, 1.54) is 38.5 Å². The van der Waals surface area contributed by atoms with Gasteiger partial charge in [-0.3, -0.25) is 0 Å². The van der Waals surface area contributed by atoms with Crippen molar-refractivity contribution in [1.29, 1.82) is 0 Å². The van der Waals surface area contributed by atoms with Crippen LogP contribution in [0.3, 0.4) is 0 Å². The molecule has 2 aliphatic carbocycles. The van der Waals surface area contributed by atoms with E-state index < -0.39 is 0 Å². The number of rotatable bonds is 2. The first-order valence-corrected chi connectivity index (χ1v) is 9.02. The highest BCUT2D eigenvalue weighted by atomic mass is 16.5. The molecule has 6 heteroatoms. The molecule has 3 fully saturated rings. The lowest BCUT2D eigenvalue weighted by molar-refractivity contribution is 0.172. The molecule has 3 aliphatic rings. The van der Waals surface area contributed by atoms with Crippen LogP contribution in [0.1, 0.15) is 69.0 Å². The Hall–Kier alpha value is -1.59. The third kappa shape index (κ3) is 2.95. The number of aromatic nitrogens is 2. The predicted molar refractivity (Wildman–Crippen MR) is 85.0 cm³/mol. The Bertz CT molecular complexity index is 571. The lowest BCUT2D eigenvalue weighted by Crippen LogP contribution is -2.45. The molecule has 23 heavy (non-hydrogen) atoms. The van der Waals surface area contributed by atoms with Crippen molar-refractivity contribution < 1.29 is 9.32 Å². The summed E-state index contributed by atoms with van der Waals surface area (Å²) in [6.45, 7) is 3.39. The Morgan fingerprint density at radius 2 is 2.00 bits per heavy atom. The standard InChI is InChI=1S/C17H26N4O2/c1-12-18-15(23-20-12)13-5-9-21(10-6-13)16(22)19-14-11-17(14)7-3-2-4-8-17/h13-14H,2-11H2,1H3,(H,19,22). The van der Waals surface area contributed by atoms with E-state index >= 15 is 0 Å². The van der Waals surface area contributed by atoms with Crippen molar-refractivity contribution in [3.8, 4) is 0 Å². The molecule has 126 valence electrons. The molecule has 1 atom stereocenters. The molecule has 1 saturated heterocycles. The first-order valence-electron chi connectivity index (χ1n) is 9.02. The van der Waals surface area contributed by atoms with E-state index in [0.29, 0.717) is 23.2 Å². The third-order valence-corrected chi connectivity index (χ3v) is 6.01. The molecule has 1 unspecified atom stereocenters. The van der Waals surface area contributed by atoms with Crippen LogP contribution in [0.5, 0.6) is 0 Å². The number of aryl methyl sites for hydroxylation is 1. The summed E-state index contributed by atoms with van der Waals surface area (Å²) in [5.74, 6) is 1.71. The quantitative estimate of drug-likeness (QED) is 0.910. The van der Waals surface area contributed by atoms with Gasteiger partial charge in [0.1, 0.15) is 0 Å². The Labute approximate surface area is 137 Å². The Morgan fingerprint density at radius 3 is 2.65 bits per heavy atom. The normalized spacial score (nSPS) is 27.2. The molecule has 4 rings (SSSR count). The Kier molecular flexibility index (Phi) is 3.77. The van der Waals surface area contributed by atoms with Crippen LogP contribution in [0.25, 0.3) is 0 Å². The number of nitrogens with zero attached hydrogens (tertiary/aromatic N) is 3. The lowest BCUT2D eigenvalue weighted by Gasteiger charge is -2.31. The molecule has 2 heterocycles. The van der Waals surface area contributed by atoms with E-state index in [4.69, 9.17) is 4.52 Å².